The molecule has 0 heterocycles. The van der Waals surface area contributed by atoms with Crippen LogP contribution in [0.15, 0.2) is 53.5 Å². The van der Waals surface area contributed by atoms with Crippen LogP contribution in [0.25, 0.3) is 0 Å². The first-order valence-electron chi connectivity index (χ1n) is 5.59. The Morgan fingerprint density at radius 1 is 1.28 bits per heavy atom. The van der Waals surface area contributed by atoms with Gasteiger partial charge in [0.2, 0.25) is 0 Å². The van der Waals surface area contributed by atoms with Crippen molar-refractivity contribution in [2.24, 2.45) is 5.73 Å². The molecule has 2 rings (SSSR count). The molecule has 0 saturated carbocycles. The molecule has 1 aromatic carbocycles. The van der Waals surface area contributed by atoms with Crippen LogP contribution in [0.2, 0.25) is 0 Å². The summed E-state index contributed by atoms with van der Waals surface area (Å²) in [6.45, 7) is 0. The lowest BCUT2D eigenvalue weighted by Crippen LogP contribution is -2.40. The van der Waals surface area contributed by atoms with E-state index < -0.39 is 15.7 Å². The zero-order chi connectivity index (χ0) is 13.2. The van der Waals surface area contributed by atoms with E-state index in [4.69, 9.17) is 10.3 Å². The van der Waals surface area contributed by atoms with E-state index in [1.807, 2.05) is 30.3 Å². The van der Waals surface area contributed by atoms with E-state index >= 15 is 0 Å². The molecule has 0 spiro atoms. The third kappa shape index (κ3) is 3.07. The van der Waals surface area contributed by atoms with Crippen molar-refractivity contribution >= 4 is 10.1 Å². The highest BCUT2D eigenvalue weighted by Gasteiger charge is 2.26. The van der Waals surface area contributed by atoms with Crippen molar-refractivity contribution in [3.63, 3.8) is 0 Å². The Hall–Kier alpha value is -1.43. The first-order chi connectivity index (χ1) is 8.39. The molecule has 4 nitrogen and oxygen atoms in total. The van der Waals surface area contributed by atoms with Crippen LogP contribution < -0.4 is 5.73 Å². The van der Waals surface area contributed by atoms with Gasteiger partial charge in [0.15, 0.2) is 0 Å². The summed E-state index contributed by atoms with van der Waals surface area (Å²) in [5, 5.41) is 0. The minimum absolute atomic E-state index is 0.0864. The minimum atomic E-state index is -4.13. The molecule has 18 heavy (non-hydrogen) atoms. The third-order valence-electron chi connectivity index (χ3n) is 2.94. The molecule has 5 heteroatoms. The number of nitrogens with two attached hydrogens (primary N) is 1. The largest absolute Gasteiger partial charge is 0.321 e. The number of allylic oxidation sites excluding steroid dienone is 1. The Morgan fingerprint density at radius 3 is 2.44 bits per heavy atom. The molecule has 1 aliphatic rings. The summed E-state index contributed by atoms with van der Waals surface area (Å²) >= 11 is 0. The topological polar surface area (TPSA) is 80.4 Å². The van der Waals surface area contributed by atoms with Crippen LogP contribution in [-0.2, 0) is 16.5 Å². The molecule has 1 aliphatic carbocycles. The van der Waals surface area contributed by atoms with Crippen molar-refractivity contribution in [3.05, 3.63) is 59.0 Å². The smallest absolute Gasteiger partial charge is 0.294 e. The highest BCUT2D eigenvalue weighted by atomic mass is 32.2. The number of rotatable bonds is 3. The van der Waals surface area contributed by atoms with E-state index in [1.165, 1.54) is 12.2 Å². The van der Waals surface area contributed by atoms with E-state index in [2.05, 4.69) is 0 Å². The van der Waals surface area contributed by atoms with Gasteiger partial charge in [0.1, 0.15) is 0 Å². The van der Waals surface area contributed by atoms with Gasteiger partial charge < -0.3 is 5.73 Å². The van der Waals surface area contributed by atoms with E-state index in [0.717, 1.165) is 5.56 Å². The highest BCUT2D eigenvalue weighted by Crippen LogP contribution is 2.24. The van der Waals surface area contributed by atoms with Gasteiger partial charge in [-0.3, -0.25) is 4.55 Å². The van der Waals surface area contributed by atoms with Gasteiger partial charge in [-0.2, -0.15) is 8.42 Å². The molecule has 0 aliphatic heterocycles. The van der Waals surface area contributed by atoms with Gasteiger partial charge in [0.05, 0.1) is 4.91 Å². The fraction of sp³-hybridized carbons (Fsp3) is 0.231. The summed E-state index contributed by atoms with van der Waals surface area (Å²) in [7, 11) is -4.13. The molecule has 1 aromatic rings. The molecule has 1 atom stereocenters. The second kappa shape index (κ2) is 4.68. The average molecular weight is 265 g/mol. The fourth-order valence-electron chi connectivity index (χ4n) is 1.97. The number of benzene rings is 1. The summed E-state index contributed by atoms with van der Waals surface area (Å²) in [5.74, 6) is 0. The number of hydrogen-bond donors (Lipinski definition) is 2. The van der Waals surface area contributed by atoms with Crippen LogP contribution in [0.4, 0.5) is 0 Å². The monoisotopic (exact) mass is 265 g/mol. The first-order valence-corrected chi connectivity index (χ1v) is 7.03. The van der Waals surface area contributed by atoms with Crippen LogP contribution in [-0.4, -0.2) is 18.5 Å². The maximum atomic E-state index is 11.0. The highest BCUT2D eigenvalue weighted by molar-refractivity contribution is 7.90. The maximum Gasteiger partial charge on any atom is 0.294 e. The van der Waals surface area contributed by atoms with Gasteiger partial charge in [0, 0.05) is 5.54 Å². The Morgan fingerprint density at radius 2 is 1.94 bits per heavy atom. The fourth-order valence-corrected chi connectivity index (χ4v) is 2.51. The molecule has 96 valence electrons. The van der Waals surface area contributed by atoms with Crippen molar-refractivity contribution in [2.45, 2.75) is 18.4 Å². The number of hydrogen-bond acceptors (Lipinski definition) is 3. The molecular weight excluding hydrogens is 250 g/mol. The van der Waals surface area contributed by atoms with Crippen LogP contribution in [0.1, 0.15) is 12.0 Å². The molecule has 0 aromatic heterocycles. The van der Waals surface area contributed by atoms with Crippen LogP contribution >= 0.6 is 0 Å². The van der Waals surface area contributed by atoms with Gasteiger partial charge in [0.25, 0.3) is 10.1 Å². The Kier molecular flexibility index (Phi) is 3.38. The maximum absolute atomic E-state index is 11.0. The lowest BCUT2D eigenvalue weighted by Gasteiger charge is -2.27. The molecule has 0 saturated heterocycles. The Labute approximate surface area is 107 Å². The lowest BCUT2D eigenvalue weighted by molar-refractivity contribution is 0.488. The van der Waals surface area contributed by atoms with Crippen molar-refractivity contribution < 1.29 is 13.0 Å². The molecule has 0 amide bonds. The SMILES string of the molecule is NC1(Cc2ccccc2)C=CC(S(=O)(=O)O)=CC1. The molecule has 0 fully saturated rings. The second-order valence-electron chi connectivity index (χ2n) is 4.51. The van der Waals surface area contributed by atoms with Crippen LogP contribution in [0.5, 0.6) is 0 Å². The summed E-state index contributed by atoms with van der Waals surface area (Å²) in [6.07, 6.45) is 5.47. The summed E-state index contributed by atoms with van der Waals surface area (Å²) in [5.41, 5.74) is 6.68. The van der Waals surface area contributed by atoms with Gasteiger partial charge >= 0.3 is 0 Å². The minimum Gasteiger partial charge on any atom is -0.321 e. The third-order valence-corrected chi connectivity index (χ3v) is 3.84. The first kappa shape index (κ1) is 13.0. The van der Waals surface area contributed by atoms with E-state index in [-0.39, 0.29) is 4.91 Å². The van der Waals surface area contributed by atoms with Crippen molar-refractivity contribution in [1.29, 1.82) is 0 Å². The second-order valence-corrected chi connectivity index (χ2v) is 5.94. The Balaban J connectivity index is 2.14. The zero-order valence-corrected chi connectivity index (χ0v) is 10.6. The van der Waals surface area contributed by atoms with Gasteiger partial charge in [-0.05, 0) is 24.5 Å². The average Bonchev–Trinajstić information content (AvgIpc) is 2.29. The standard InChI is InChI=1S/C13H15NO3S/c14-13(10-11-4-2-1-3-5-11)8-6-12(7-9-13)18(15,16)17/h1-8H,9-10,14H2,(H,15,16,17). The lowest BCUT2D eigenvalue weighted by atomic mass is 9.86. The van der Waals surface area contributed by atoms with Gasteiger partial charge in [-0.25, -0.2) is 0 Å². The van der Waals surface area contributed by atoms with E-state index in [1.54, 1.807) is 6.08 Å². The van der Waals surface area contributed by atoms with Crippen LogP contribution in [0, 0.1) is 0 Å². The Bertz CT molecular complexity index is 590. The summed E-state index contributed by atoms with van der Waals surface area (Å²) < 4.78 is 30.8. The van der Waals surface area contributed by atoms with Crippen molar-refractivity contribution in [1.82, 2.24) is 0 Å². The molecule has 0 bridgehead atoms. The predicted octanol–water partition coefficient (Wildman–Crippen LogP) is 1.66. The molecule has 3 N–H and O–H groups in total. The summed E-state index contributed by atoms with van der Waals surface area (Å²) in [4.78, 5) is -0.0864. The normalized spacial score (nSPS) is 23.8. The van der Waals surface area contributed by atoms with Gasteiger partial charge in [-0.15, -0.1) is 0 Å². The summed E-state index contributed by atoms with van der Waals surface area (Å²) in [6, 6.07) is 9.75. The zero-order valence-electron chi connectivity index (χ0n) is 9.78. The molecule has 1 unspecified atom stereocenters. The molecule has 0 radical (unpaired) electrons. The van der Waals surface area contributed by atoms with Crippen molar-refractivity contribution in [2.75, 3.05) is 0 Å². The molecular formula is C13H15NO3S. The van der Waals surface area contributed by atoms with E-state index in [9.17, 15) is 8.42 Å². The van der Waals surface area contributed by atoms with Crippen molar-refractivity contribution in [3.8, 4) is 0 Å². The van der Waals surface area contributed by atoms with E-state index in [0.29, 0.717) is 12.8 Å². The quantitative estimate of drug-likeness (QED) is 0.814. The van der Waals surface area contributed by atoms with Gasteiger partial charge in [-0.1, -0.05) is 42.5 Å². The predicted molar refractivity (Wildman–Crippen MR) is 70.5 cm³/mol. The van der Waals surface area contributed by atoms with Crippen LogP contribution in [0.3, 0.4) is 0 Å².